The van der Waals surface area contributed by atoms with E-state index in [1.165, 1.54) is 0 Å². The second kappa shape index (κ2) is 9.80. The zero-order valence-corrected chi connectivity index (χ0v) is 15.8. The molecule has 0 aliphatic heterocycles. The van der Waals surface area contributed by atoms with Crippen LogP contribution in [0.15, 0.2) is 91.0 Å². The van der Waals surface area contributed by atoms with Crippen molar-refractivity contribution in [3.63, 3.8) is 0 Å². The van der Waals surface area contributed by atoms with Crippen molar-refractivity contribution in [2.75, 3.05) is 6.16 Å². The third kappa shape index (κ3) is 5.87. The Kier molecular flexibility index (Phi) is 6.90. The van der Waals surface area contributed by atoms with Gasteiger partial charge < -0.3 is 4.74 Å². The Balaban J connectivity index is 1.62. The fourth-order valence-electron chi connectivity index (χ4n) is 2.73. The molecule has 3 nitrogen and oxygen atoms in total. The minimum atomic E-state index is -0.831. The zero-order chi connectivity index (χ0) is 18.9. The summed E-state index contributed by atoms with van der Waals surface area (Å²) in [6.45, 7) is 0.194. The van der Waals surface area contributed by atoms with Crippen molar-refractivity contribution in [3.8, 4) is 0 Å². The molecule has 3 rings (SSSR count). The molecule has 136 valence electrons. The summed E-state index contributed by atoms with van der Waals surface area (Å²) in [6, 6.07) is 29.5. The summed E-state index contributed by atoms with van der Waals surface area (Å²) < 4.78 is 5.24. The van der Waals surface area contributed by atoms with E-state index in [-0.39, 0.29) is 18.8 Å². The number of Topliss-reactive ketones (excluding diaryl/α,β-unsaturated/α-hetero) is 1. The van der Waals surface area contributed by atoms with Crippen LogP contribution in [0, 0.1) is 0 Å². The van der Waals surface area contributed by atoms with Crippen LogP contribution in [0.25, 0.3) is 0 Å². The number of ether oxygens (including phenoxy) is 1. The maximum Gasteiger partial charge on any atom is 0.313 e. The Labute approximate surface area is 160 Å². The molecule has 0 N–H and O–H groups in total. The Morgan fingerprint density at radius 1 is 0.704 bits per heavy atom. The van der Waals surface area contributed by atoms with Gasteiger partial charge in [-0.1, -0.05) is 91.0 Å². The lowest BCUT2D eigenvalue weighted by Crippen LogP contribution is -2.20. The van der Waals surface area contributed by atoms with E-state index in [2.05, 4.69) is 0 Å². The Morgan fingerprint density at radius 3 is 1.70 bits per heavy atom. The van der Waals surface area contributed by atoms with Gasteiger partial charge in [0, 0.05) is 6.16 Å². The Bertz CT molecular complexity index is 824. The van der Waals surface area contributed by atoms with Crippen LogP contribution in [-0.4, -0.2) is 17.9 Å². The molecule has 0 spiro atoms. The molecule has 3 aromatic carbocycles. The zero-order valence-electron chi connectivity index (χ0n) is 15.0. The predicted octanol–water partition coefficient (Wildman–Crippen LogP) is 3.82. The monoisotopic (exact) mass is 376 g/mol. The smallest absolute Gasteiger partial charge is 0.313 e. The van der Waals surface area contributed by atoms with E-state index < -0.39 is 13.9 Å². The van der Waals surface area contributed by atoms with Crippen molar-refractivity contribution in [1.82, 2.24) is 0 Å². The first kappa shape index (κ1) is 19.0. The highest BCUT2D eigenvalue weighted by atomic mass is 31.1. The maximum absolute atomic E-state index is 12.5. The normalized spacial score (nSPS) is 10.6. The summed E-state index contributed by atoms with van der Waals surface area (Å²) in [5, 5.41) is 2.26. The van der Waals surface area contributed by atoms with Gasteiger partial charge in [0.05, 0.1) is 0 Å². The van der Waals surface area contributed by atoms with Crippen molar-refractivity contribution in [2.45, 2.75) is 13.0 Å². The lowest BCUT2D eigenvalue weighted by atomic mass is 10.2. The SMILES string of the molecule is O=C(CC(=O)OCc1ccccc1)CP(c1ccccc1)c1ccccc1. The fraction of sp³-hybridized carbons (Fsp3) is 0.130. The first-order valence-electron chi connectivity index (χ1n) is 8.81. The average Bonchev–Trinajstić information content (AvgIpc) is 2.72. The van der Waals surface area contributed by atoms with Crippen molar-refractivity contribution >= 4 is 30.3 Å². The average molecular weight is 376 g/mol. The molecule has 0 aromatic heterocycles. The highest BCUT2D eigenvalue weighted by Gasteiger charge is 2.20. The van der Waals surface area contributed by atoms with Gasteiger partial charge in [0.2, 0.25) is 0 Å². The predicted molar refractivity (Wildman–Crippen MR) is 110 cm³/mol. The van der Waals surface area contributed by atoms with Crippen molar-refractivity contribution < 1.29 is 14.3 Å². The molecule has 0 amide bonds. The molecule has 0 heterocycles. The van der Waals surface area contributed by atoms with Crippen LogP contribution in [0.2, 0.25) is 0 Å². The summed E-state index contributed by atoms with van der Waals surface area (Å²) in [5.41, 5.74) is 0.911. The summed E-state index contributed by atoms with van der Waals surface area (Å²) >= 11 is 0. The van der Waals surface area contributed by atoms with E-state index in [0.717, 1.165) is 16.2 Å². The first-order valence-corrected chi connectivity index (χ1v) is 10.3. The second-order valence-electron chi connectivity index (χ2n) is 6.12. The summed E-state index contributed by atoms with van der Waals surface area (Å²) in [5.74, 6) is -0.563. The minimum absolute atomic E-state index is 0.0909. The van der Waals surface area contributed by atoms with Crippen LogP contribution >= 0.6 is 7.92 Å². The molecule has 27 heavy (non-hydrogen) atoms. The quantitative estimate of drug-likeness (QED) is 0.341. The van der Waals surface area contributed by atoms with E-state index in [0.29, 0.717) is 6.16 Å². The largest absolute Gasteiger partial charge is 0.460 e. The van der Waals surface area contributed by atoms with E-state index in [9.17, 15) is 9.59 Å². The highest BCUT2D eigenvalue weighted by molar-refractivity contribution is 7.73. The lowest BCUT2D eigenvalue weighted by molar-refractivity contribution is -0.146. The van der Waals surface area contributed by atoms with Gasteiger partial charge >= 0.3 is 5.97 Å². The summed E-state index contributed by atoms with van der Waals surface area (Å²) in [7, 11) is -0.831. The molecule has 0 saturated carbocycles. The molecule has 0 unspecified atom stereocenters. The summed E-state index contributed by atoms with van der Waals surface area (Å²) in [6.07, 6.45) is 0.148. The van der Waals surface area contributed by atoms with Crippen molar-refractivity contribution in [1.29, 1.82) is 0 Å². The number of ketones is 1. The van der Waals surface area contributed by atoms with Gasteiger partial charge in [-0.2, -0.15) is 0 Å². The van der Waals surface area contributed by atoms with Gasteiger partial charge in [-0.05, 0) is 24.1 Å². The van der Waals surface area contributed by atoms with E-state index >= 15 is 0 Å². The third-order valence-electron chi connectivity index (χ3n) is 4.05. The second-order valence-corrected chi connectivity index (χ2v) is 8.32. The molecule has 0 saturated heterocycles. The molecule has 0 bridgehead atoms. The van der Waals surface area contributed by atoms with Gasteiger partial charge in [-0.3, -0.25) is 9.59 Å². The molecule has 3 aromatic rings. The van der Waals surface area contributed by atoms with Crippen LogP contribution < -0.4 is 10.6 Å². The van der Waals surface area contributed by atoms with E-state index in [1.807, 2.05) is 91.0 Å². The number of carbonyl (C=O) groups excluding carboxylic acids is 2. The molecule has 0 fully saturated rings. The van der Waals surface area contributed by atoms with Gasteiger partial charge in [0.25, 0.3) is 0 Å². The highest BCUT2D eigenvalue weighted by Crippen LogP contribution is 2.33. The first-order chi connectivity index (χ1) is 13.2. The lowest BCUT2D eigenvalue weighted by Gasteiger charge is -2.17. The standard InChI is InChI=1S/C23H21O3P/c24-20(16-23(25)26-17-19-10-4-1-5-11-19)18-27(21-12-6-2-7-13-21)22-14-8-3-9-15-22/h1-15H,16-18H2. The number of carbonyl (C=O) groups is 2. The van der Waals surface area contributed by atoms with Crippen LogP contribution in [0.4, 0.5) is 0 Å². The number of rotatable bonds is 8. The fourth-order valence-corrected chi connectivity index (χ4v) is 4.92. The van der Waals surface area contributed by atoms with E-state index in [1.54, 1.807) is 0 Å². The van der Waals surface area contributed by atoms with Crippen molar-refractivity contribution in [2.24, 2.45) is 0 Å². The van der Waals surface area contributed by atoms with Gasteiger partial charge in [-0.15, -0.1) is 0 Å². The number of esters is 1. The van der Waals surface area contributed by atoms with Gasteiger partial charge in [0.1, 0.15) is 18.8 Å². The number of benzene rings is 3. The Morgan fingerprint density at radius 2 is 1.19 bits per heavy atom. The van der Waals surface area contributed by atoms with Gasteiger partial charge in [-0.25, -0.2) is 0 Å². The molecule has 0 aliphatic carbocycles. The Hall–Kier alpha value is -2.77. The summed E-state index contributed by atoms with van der Waals surface area (Å²) in [4.78, 5) is 24.6. The van der Waals surface area contributed by atoms with Gasteiger partial charge in [0.15, 0.2) is 0 Å². The number of hydrogen-bond acceptors (Lipinski definition) is 3. The van der Waals surface area contributed by atoms with Crippen LogP contribution in [0.1, 0.15) is 12.0 Å². The topological polar surface area (TPSA) is 43.4 Å². The molecule has 4 heteroatoms. The van der Waals surface area contributed by atoms with E-state index in [4.69, 9.17) is 4.74 Å². The van der Waals surface area contributed by atoms with Crippen LogP contribution in [-0.2, 0) is 20.9 Å². The van der Waals surface area contributed by atoms with Crippen molar-refractivity contribution in [3.05, 3.63) is 96.6 Å². The molecule has 0 radical (unpaired) electrons. The minimum Gasteiger partial charge on any atom is -0.460 e. The third-order valence-corrected chi connectivity index (χ3v) is 6.57. The van der Waals surface area contributed by atoms with Crippen LogP contribution in [0.5, 0.6) is 0 Å². The molecule has 0 aliphatic rings. The number of hydrogen-bond donors (Lipinski definition) is 0. The molecular weight excluding hydrogens is 355 g/mol. The molecular formula is C23H21O3P. The molecule has 0 atom stereocenters. The van der Waals surface area contributed by atoms with Crippen LogP contribution in [0.3, 0.4) is 0 Å². The maximum atomic E-state index is 12.5.